The third-order valence-electron chi connectivity index (χ3n) is 1.18. The van der Waals surface area contributed by atoms with E-state index in [1.165, 1.54) is 19.1 Å². The lowest BCUT2D eigenvalue weighted by molar-refractivity contribution is -0.114. The molecule has 0 unspecified atom stereocenters. The Morgan fingerprint density at radius 3 is 2.12 bits per heavy atom. The van der Waals surface area contributed by atoms with Gasteiger partial charge in [-0.25, -0.2) is 4.39 Å². The molecule has 0 saturated heterocycles. The number of para-hydroxylation sites is 1. The fourth-order valence-corrected chi connectivity index (χ4v) is 0.752. The van der Waals surface area contributed by atoms with E-state index in [-0.39, 0.29) is 11.6 Å². The van der Waals surface area contributed by atoms with Gasteiger partial charge in [-0.1, -0.05) is 12.1 Å². The summed E-state index contributed by atoms with van der Waals surface area (Å²) in [5.41, 5.74) is 0.222. The van der Waals surface area contributed by atoms with Gasteiger partial charge < -0.3 is 5.32 Å². The standard InChI is InChI=1S/C8H8FNO.Cl2O2S/c1-6(11)10-8-5-3-2-4-7(8)9;1-5(2,3)4/h2-5H,1H3,(H,10,11);. The number of carbonyl (C=O) groups excluding carboxylic acids is 1. The molecule has 90 valence electrons. The normalized spacial score (nSPS) is 10.0. The summed E-state index contributed by atoms with van der Waals surface area (Å²) in [6, 6.07) is 6.04. The highest BCUT2D eigenvalue weighted by Gasteiger charge is 1.99. The van der Waals surface area contributed by atoms with E-state index in [4.69, 9.17) is 8.42 Å². The zero-order valence-corrected chi connectivity index (χ0v) is 10.4. The molecule has 0 aromatic heterocycles. The van der Waals surface area contributed by atoms with Gasteiger partial charge in [-0.05, 0) is 12.1 Å². The number of anilines is 1. The Kier molecular flexibility index (Phi) is 6.32. The van der Waals surface area contributed by atoms with Crippen molar-refractivity contribution >= 4 is 41.2 Å². The number of hydrogen-bond donors (Lipinski definition) is 1. The van der Waals surface area contributed by atoms with Crippen LogP contribution in [0.3, 0.4) is 0 Å². The fourth-order valence-electron chi connectivity index (χ4n) is 0.752. The first-order valence-electron chi connectivity index (χ1n) is 3.86. The molecular weight excluding hydrogens is 280 g/mol. The molecule has 0 bridgehead atoms. The van der Waals surface area contributed by atoms with Crippen LogP contribution in [0, 0.1) is 5.82 Å². The molecule has 1 N–H and O–H groups in total. The predicted molar refractivity (Wildman–Crippen MR) is 61.3 cm³/mol. The minimum Gasteiger partial charge on any atom is -0.324 e. The molecule has 8 heteroatoms. The van der Waals surface area contributed by atoms with Crippen LogP contribution in [0.2, 0.25) is 0 Å². The summed E-state index contributed by atoms with van der Waals surface area (Å²) >= 11 is 0. The van der Waals surface area contributed by atoms with E-state index in [1.807, 2.05) is 0 Å². The van der Waals surface area contributed by atoms with E-state index >= 15 is 0 Å². The monoisotopic (exact) mass is 287 g/mol. The lowest BCUT2D eigenvalue weighted by Gasteiger charge is -2.01. The number of benzene rings is 1. The topological polar surface area (TPSA) is 63.2 Å². The van der Waals surface area contributed by atoms with Gasteiger partial charge in [-0.2, -0.15) is 8.42 Å². The first-order chi connectivity index (χ1) is 7.20. The summed E-state index contributed by atoms with van der Waals surface area (Å²) in [7, 11) is 4.81. The van der Waals surface area contributed by atoms with Crippen molar-refractivity contribution in [2.75, 3.05) is 5.32 Å². The Balaban J connectivity index is 0.000000385. The number of nitrogens with one attached hydrogen (secondary N) is 1. The Morgan fingerprint density at radius 1 is 1.31 bits per heavy atom. The third-order valence-corrected chi connectivity index (χ3v) is 1.18. The smallest absolute Gasteiger partial charge is 0.317 e. The molecule has 0 radical (unpaired) electrons. The number of rotatable bonds is 1. The van der Waals surface area contributed by atoms with Crippen molar-refractivity contribution in [3.63, 3.8) is 0 Å². The first kappa shape index (κ1) is 15.2. The average molecular weight is 288 g/mol. The number of amides is 1. The molecule has 1 aromatic rings. The van der Waals surface area contributed by atoms with Gasteiger partial charge in [0.2, 0.25) is 5.91 Å². The second-order valence-corrected chi connectivity index (χ2v) is 6.21. The maximum absolute atomic E-state index is 12.7. The SMILES string of the molecule is CC(=O)Nc1ccccc1F.O=S(=O)(Cl)Cl. The molecule has 4 nitrogen and oxygen atoms in total. The molecule has 0 aliphatic heterocycles. The summed E-state index contributed by atoms with van der Waals surface area (Å²) in [6.45, 7) is 1.34. The fraction of sp³-hybridized carbons (Fsp3) is 0.125. The van der Waals surface area contributed by atoms with Crippen molar-refractivity contribution in [2.24, 2.45) is 0 Å². The highest BCUT2D eigenvalue weighted by Crippen LogP contribution is 2.11. The van der Waals surface area contributed by atoms with Gasteiger partial charge in [0.25, 0.3) is 0 Å². The van der Waals surface area contributed by atoms with Crippen LogP contribution >= 0.6 is 21.4 Å². The Hall–Kier alpha value is -0.850. The number of carbonyl (C=O) groups is 1. The summed E-state index contributed by atoms with van der Waals surface area (Å²) in [4.78, 5) is 10.5. The average Bonchev–Trinajstić information content (AvgIpc) is 2.05. The molecule has 0 fully saturated rings. The van der Waals surface area contributed by atoms with Crippen LogP contribution < -0.4 is 5.32 Å². The van der Waals surface area contributed by atoms with Crippen molar-refractivity contribution in [2.45, 2.75) is 6.92 Å². The summed E-state index contributed by atoms with van der Waals surface area (Å²) in [5.74, 6) is -0.683. The molecule has 0 atom stereocenters. The van der Waals surface area contributed by atoms with Crippen LogP contribution in [0.15, 0.2) is 24.3 Å². The van der Waals surface area contributed by atoms with Gasteiger partial charge in [0.15, 0.2) is 0 Å². The molecule has 0 spiro atoms. The van der Waals surface area contributed by atoms with Gasteiger partial charge in [-0.3, -0.25) is 4.79 Å². The third kappa shape index (κ3) is 9.70. The number of hydrogen-bond acceptors (Lipinski definition) is 3. The second kappa shape index (κ2) is 6.67. The minimum atomic E-state index is -3.72. The van der Waals surface area contributed by atoms with Crippen LogP contribution in [0.4, 0.5) is 10.1 Å². The molecule has 16 heavy (non-hydrogen) atoms. The van der Waals surface area contributed by atoms with Crippen molar-refractivity contribution in [3.05, 3.63) is 30.1 Å². The van der Waals surface area contributed by atoms with E-state index in [9.17, 15) is 9.18 Å². The van der Waals surface area contributed by atoms with Crippen LogP contribution in [0.5, 0.6) is 0 Å². The minimum absolute atomic E-state index is 0.222. The number of halogens is 3. The molecule has 1 amide bonds. The van der Waals surface area contributed by atoms with E-state index < -0.39 is 14.1 Å². The first-order valence-corrected chi connectivity index (χ1v) is 7.00. The summed E-state index contributed by atoms with van der Waals surface area (Å²) < 4.78 is 31.1. The van der Waals surface area contributed by atoms with E-state index in [0.29, 0.717) is 0 Å². The van der Waals surface area contributed by atoms with Gasteiger partial charge in [0.05, 0.1) is 5.69 Å². The Morgan fingerprint density at radius 2 is 1.75 bits per heavy atom. The summed E-state index contributed by atoms with van der Waals surface area (Å²) in [6.07, 6.45) is 0. The zero-order chi connectivity index (χ0) is 12.8. The highest BCUT2D eigenvalue weighted by molar-refractivity contribution is 8.31. The van der Waals surface area contributed by atoms with E-state index in [0.717, 1.165) is 0 Å². The highest BCUT2D eigenvalue weighted by atomic mass is 36.0. The van der Waals surface area contributed by atoms with E-state index in [1.54, 1.807) is 12.1 Å². The van der Waals surface area contributed by atoms with Crippen LogP contribution in [-0.4, -0.2) is 14.3 Å². The maximum Gasteiger partial charge on any atom is 0.317 e. The molecule has 1 aromatic carbocycles. The van der Waals surface area contributed by atoms with Crippen molar-refractivity contribution in [3.8, 4) is 0 Å². The zero-order valence-electron chi connectivity index (χ0n) is 8.08. The van der Waals surface area contributed by atoms with Crippen LogP contribution in [0.25, 0.3) is 0 Å². The van der Waals surface area contributed by atoms with Gasteiger partial charge in [0, 0.05) is 28.3 Å². The van der Waals surface area contributed by atoms with E-state index in [2.05, 4.69) is 26.7 Å². The van der Waals surface area contributed by atoms with Gasteiger partial charge >= 0.3 is 8.26 Å². The Labute approximate surface area is 101 Å². The van der Waals surface area contributed by atoms with Crippen LogP contribution in [0.1, 0.15) is 6.92 Å². The Bertz CT molecular complexity index is 456. The molecule has 0 aliphatic rings. The van der Waals surface area contributed by atoms with Gasteiger partial charge in [-0.15, -0.1) is 0 Å². The second-order valence-electron chi connectivity index (χ2n) is 2.54. The molecule has 0 saturated carbocycles. The molecule has 0 heterocycles. The largest absolute Gasteiger partial charge is 0.324 e. The van der Waals surface area contributed by atoms with Crippen molar-refractivity contribution in [1.29, 1.82) is 0 Å². The quantitative estimate of drug-likeness (QED) is 0.807. The molecule has 0 aliphatic carbocycles. The van der Waals surface area contributed by atoms with Crippen molar-refractivity contribution < 1.29 is 17.6 Å². The molecule has 1 rings (SSSR count). The molecular formula is C8H8Cl2FNO3S. The summed E-state index contributed by atoms with van der Waals surface area (Å²) in [5, 5.41) is 2.36. The predicted octanol–water partition coefficient (Wildman–Crippen LogP) is 2.49. The maximum atomic E-state index is 12.7. The van der Waals surface area contributed by atoms with Crippen LogP contribution in [-0.2, 0) is 13.1 Å². The van der Waals surface area contributed by atoms with Gasteiger partial charge in [0.1, 0.15) is 5.82 Å². The lowest BCUT2D eigenvalue weighted by atomic mass is 10.3. The lowest BCUT2D eigenvalue weighted by Crippen LogP contribution is -2.06. The van der Waals surface area contributed by atoms with Crippen molar-refractivity contribution in [1.82, 2.24) is 0 Å².